The predicted molar refractivity (Wildman–Crippen MR) is 56.4 cm³/mol. The maximum atomic E-state index is 11.0. The van der Waals surface area contributed by atoms with Crippen LogP contribution in [0.5, 0.6) is 0 Å². The fourth-order valence-electron chi connectivity index (χ4n) is 1.39. The van der Waals surface area contributed by atoms with Crippen LogP contribution in [0.15, 0.2) is 35.2 Å². The lowest BCUT2D eigenvalue weighted by molar-refractivity contribution is -0.136. The van der Waals surface area contributed by atoms with Crippen LogP contribution in [-0.4, -0.2) is 16.3 Å². The van der Waals surface area contributed by atoms with Gasteiger partial charge in [-0.25, -0.2) is 0 Å². The highest BCUT2D eigenvalue weighted by Crippen LogP contribution is 2.41. The first-order valence-electron chi connectivity index (χ1n) is 4.72. The molecular weight excluding hydrogens is 196 g/mol. The molecule has 0 saturated heterocycles. The Morgan fingerprint density at radius 2 is 2.00 bits per heavy atom. The number of carboxylic acids is 1. The van der Waals surface area contributed by atoms with Gasteiger partial charge in [0.25, 0.3) is 0 Å². The molecule has 0 aromatic heterocycles. The molecule has 1 atom stereocenters. The van der Waals surface area contributed by atoms with Gasteiger partial charge in [0.15, 0.2) is 0 Å². The van der Waals surface area contributed by atoms with Gasteiger partial charge in [-0.3, -0.25) is 4.79 Å². The van der Waals surface area contributed by atoms with Gasteiger partial charge in [-0.05, 0) is 30.9 Å². The highest BCUT2D eigenvalue weighted by molar-refractivity contribution is 8.00. The Kier molecular flexibility index (Phi) is 2.77. The van der Waals surface area contributed by atoms with Crippen molar-refractivity contribution in [1.82, 2.24) is 0 Å². The molecule has 0 radical (unpaired) electrons. The van der Waals surface area contributed by atoms with Crippen molar-refractivity contribution < 1.29 is 9.90 Å². The SMILES string of the molecule is O=C(O)C(Sc1ccccc1)C1CC1. The van der Waals surface area contributed by atoms with Crippen LogP contribution in [0.1, 0.15) is 12.8 Å². The summed E-state index contributed by atoms with van der Waals surface area (Å²) < 4.78 is 0. The standard InChI is InChI=1S/C11H12O2S/c12-11(13)10(8-6-7-8)14-9-4-2-1-3-5-9/h1-5,8,10H,6-7H2,(H,12,13). The molecule has 1 aromatic carbocycles. The van der Waals surface area contributed by atoms with E-state index in [2.05, 4.69) is 0 Å². The van der Waals surface area contributed by atoms with E-state index in [1.165, 1.54) is 11.8 Å². The molecule has 0 amide bonds. The minimum absolute atomic E-state index is 0.252. The average Bonchev–Trinajstić information content (AvgIpc) is 2.99. The maximum Gasteiger partial charge on any atom is 0.317 e. The third-order valence-electron chi connectivity index (χ3n) is 2.30. The lowest BCUT2D eigenvalue weighted by atomic mass is 10.3. The molecule has 0 bridgehead atoms. The molecule has 1 aromatic rings. The zero-order chi connectivity index (χ0) is 9.97. The van der Waals surface area contributed by atoms with Gasteiger partial charge >= 0.3 is 5.97 Å². The van der Waals surface area contributed by atoms with Crippen LogP contribution in [-0.2, 0) is 4.79 Å². The molecule has 2 nitrogen and oxygen atoms in total. The Morgan fingerprint density at radius 1 is 1.36 bits per heavy atom. The van der Waals surface area contributed by atoms with Crippen molar-refractivity contribution in [3.63, 3.8) is 0 Å². The number of benzene rings is 1. The summed E-state index contributed by atoms with van der Waals surface area (Å²) in [5.41, 5.74) is 0. The summed E-state index contributed by atoms with van der Waals surface area (Å²) in [6.45, 7) is 0. The van der Waals surface area contributed by atoms with E-state index in [0.29, 0.717) is 5.92 Å². The molecular formula is C11H12O2S. The lowest BCUT2D eigenvalue weighted by Gasteiger charge is -2.09. The lowest BCUT2D eigenvalue weighted by Crippen LogP contribution is -2.18. The van der Waals surface area contributed by atoms with E-state index in [4.69, 9.17) is 5.11 Å². The summed E-state index contributed by atoms with van der Waals surface area (Å²) in [6, 6.07) is 9.74. The van der Waals surface area contributed by atoms with Gasteiger partial charge in [-0.1, -0.05) is 18.2 Å². The molecule has 1 saturated carbocycles. The van der Waals surface area contributed by atoms with E-state index < -0.39 is 5.97 Å². The highest BCUT2D eigenvalue weighted by atomic mass is 32.2. The Morgan fingerprint density at radius 3 is 2.50 bits per heavy atom. The number of aliphatic carboxylic acids is 1. The Labute approximate surface area is 87.3 Å². The Hall–Kier alpha value is -0.960. The minimum atomic E-state index is -0.679. The summed E-state index contributed by atoms with van der Waals surface area (Å²) in [5, 5.41) is 8.77. The van der Waals surface area contributed by atoms with Gasteiger partial charge in [0.1, 0.15) is 5.25 Å². The average molecular weight is 208 g/mol. The van der Waals surface area contributed by atoms with Crippen LogP contribution in [0.2, 0.25) is 0 Å². The number of carboxylic acid groups (broad SMARTS) is 1. The maximum absolute atomic E-state index is 11.0. The van der Waals surface area contributed by atoms with Gasteiger partial charge in [-0.15, -0.1) is 11.8 Å². The molecule has 3 heteroatoms. The number of hydrogen-bond donors (Lipinski definition) is 1. The fourth-order valence-corrected chi connectivity index (χ4v) is 2.57. The molecule has 1 N–H and O–H groups in total. The predicted octanol–water partition coefficient (Wildman–Crippen LogP) is 2.64. The smallest absolute Gasteiger partial charge is 0.317 e. The fraction of sp³-hybridized carbons (Fsp3) is 0.364. The van der Waals surface area contributed by atoms with Crippen molar-refractivity contribution in [3.05, 3.63) is 30.3 Å². The second kappa shape index (κ2) is 4.05. The van der Waals surface area contributed by atoms with E-state index in [1.54, 1.807) is 0 Å². The molecule has 2 rings (SSSR count). The number of carbonyl (C=O) groups is 1. The van der Waals surface area contributed by atoms with Gasteiger partial charge in [0.2, 0.25) is 0 Å². The van der Waals surface area contributed by atoms with Crippen LogP contribution in [0.4, 0.5) is 0 Å². The number of rotatable bonds is 4. The normalized spacial score (nSPS) is 17.7. The number of hydrogen-bond acceptors (Lipinski definition) is 2. The molecule has 1 aliphatic carbocycles. The largest absolute Gasteiger partial charge is 0.480 e. The molecule has 0 spiro atoms. The number of thioether (sulfide) groups is 1. The van der Waals surface area contributed by atoms with Gasteiger partial charge < -0.3 is 5.11 Å². The topological polar surface area (TPSA) is 37.3 Å². The van der Waals surface area contributed by atoms with E-state index in [1.807, 2.05) is 30.3 Å². The van der Waals surface area contributed by atoms with E-state index in [9.17, 15) is 4.79 Å². The van der Waals surface area contributed by atoms with E-state index in [-0.39, 0.29) is 5.25 Å². The first kappa shape index (κ1) is 9.59. The van der Waals surface area contributed by atoms with Gasteiger partial charge in [0.05, 0.1) is 0 Å². The summed E-state index contributed by atoms with van der Waals surface area (Å²) in [6.07, 6.45) is 2.13. The second-order valence-electron chi connectivity index (χ2n) is 3.53. The zero-order valence-corrected chi connectivity index (χ0v) is 8.54. The minimum Gasteiger partial charge on any atom is -0.480 e. The monoisotopic (exact) mass is 208 g/mol. The van der Waals surface area contributed by atoms with Crippen LogP contribution in [0.25, 0.3) is 0 Å². The van der Waals surface area contributed by atoms with E-state index in [0.717, 1.165) is 17.7 Å². The molecule has 1 aliphatic rings. The van der Waals surface area contributed by atoms with Crippen LogP contribution in [0, 0.1) is 5.92 Å². The molecule has 1 unspecified atom stereocenters. The molecule has 1 fully saturated rings. The highest BCUT2D eigenvalue weighted by Gasteiger charge is 2.36. The third-order valence-corrected chi connectivity index (χ3v) is 3.68. The molecule has 14 heavy (non-hydrogen) atoms. The third kappa shape index (κ3) is 2.29. The van der Waals surface area contributed by atoms with E-state index >= 15 is 0 Å². The van der Waals surface area contributed by atoms with Crippen molar-refractivity contribution >= 4 is 17.7 Å². The molecule has 74 valence electrons. The first-order valence-corrected chi connectivity index (χ1v) is 5.60. The van der Waals surface area contributed by atoms with Crippen molar-refractivity contribution in [2.75, 3.05) is 0 Å². The van der Waals surface area contributed by atoms with Crippen LogP contribution < -0.4 is 0 Å². The quantitative estimate of drug-likeness (QED) is 0.773. The second-order valence-corrected chi connectivity index (χ2v) is 4.74. The Bertz CT molecular complexity index is 319. The Balaban J connectivity index is 2.04. The summed E-state index contributed by atoms with van der Waals surface area (Å²) in [7, 11) is 0. The van der Waals surface area contributed by atoms with Gasteiger partial charge in [-0.2, -0.15) is 0 Å². The van der Waals surface area contributed by atoms with Gasteiger partial charge in [0, 0.05) is 4.90 Å². The summed E-state index contributed by atoms with van der Waals surface area (Å²) >= 11 is 1.47. The van der Waals surface area contributed by atoms with Crippen LogP contribution in [0.3, 0.4) is 0 Å². The summed E-state index contributed by atoms with van der Waals surface area (Å²) in [4.78, 5) is 12.0. The van der Waals surface area contributed by atoms with Crippen molar-refractivity contribution in [2.45, 2.75) is 23.0 Å². The molecule has 0 aliphatic heterocycles. The van der Waals surface area contributed by atoms with Crippen molar-refractivity contribution in [1.29, 1.82) is 0 Å². The first-order chi connectivity index (χ1) is 6.77. The molecule has 0 heterocycles. The summed E-state index contributed by atoms with van der Waals surface area (Å²) in [5.74, 6) is -0.293. The van der Waals surface area contributed by atoms with Crippen molar-refractivity contribution in [2.24, 2.45) is 5.92 Å². The zero-order valence-electron chi connectivity index (χ0n) is 7.72. The van der Waals surface area contributed by atoms with Crippen LogP contribution >= 0.6 is 11.8 Å². The van der Waals surface area contributed by atoms with Crippen molar-refractivity contribution in [3.8, 4) is 0 Å².